The molecule has 1 heterocycles. The molecule has 3 nitrogen and oxygen atoms in total. The fourth-order valence-electron chi connectivity index (χ4n) is 1.41. The van der Waals surface area contributed by atoms with Gasteiger partial charge < -0.3 is 5.32 Å². The maximum Gasteiger partial charge on any atom is 0.188 e. The van der Waals surface area contributed by atoms with Crippen LogP contribution < -0.4 is 5.32 Å². The van der Waals surface area contributed by atoms with E-state index in [4.69, 9.17) is 0 Å². The Morgan fingerprint density at radius 3 is 2.24 bits per heavy atom. The maximum absolute atomic E-state index is 4.49. The SMILES string of the molecule is Cc1nc(SCCNCC(C)C)nc(C)c1C. The normalized spacial score (nSPS) is 11.2. The van der Waals surface area contributed by atoms with Crippen LogP contribution in [0.3, 0.4) is 0 Å². The van der Waals surface area contributed by atoms with Crippen molar-refractivity contribution in [3.63, 3.8) is 0 Å². The zero-order chi connectivity index (χ0) is 12.8. The molecule has 0 saturated heterocycles. The van der Waals surface area contributed by atoms with Crippen molar-refractivity contribution in [2.75, 3.05) is 18.8 Å². The zero-order valence-corrected chi connectivity index (χ0v) is 12.3. The Bertz CT molecular complexity index is 341. The second-order valence-electron chi connectivity index (χ2n) is 4.75. The number of nitrogens with zero attached hydrogens (tertiary/aromatic N) is 2. The highest BCUT2D eigenvalue weighted by molar-refractivity contribution is 7.99. The van der Waals surface area contributed by atoms with Crippen LogP contribution in [0.25, 0.3) is 0 Å². The number of thioether (sulfide) groups is 1. The van der Waals surface area contributed by atoms with Gasteiger partial charge in [0.05, 0.1) is 0 Å². The highest BCUT2D eigenvalue weighted by atomic mass is 32.2. The smallest absolute Gasteiger partial charge is 0.188 e. The Labute approximate surface area is 109 Å². The van der Waals surface area contributed by atoms with E-state index in [2.05, 4.69) is 36.1 Å². The van der Waals surface area contributed by atoms with Crippen LogP contribution in [-0.2, 0) is 0 Å². The van der Waals surface area contributed by atoms with Gasteiger partial charge in [0.25, 0.3) is 0 Å². The van der Waals surface area contributed by atoms with Gasteiger partial charge in [0.2, 0.25) is 0 Å². The van der Waals surface area contributed by atoms with Crippen molar-refractivity contribution < 1.29 is 0 Å². The average Bonchev–Trinajstić information content (AvgIpc) is 2.25. The summed E-state index contributed by atoms with van der Waals surface area (Å²) in [5, 5.41) is 4.32. The molecule has 1 aromatic heterocycles. The van der Waals surface area contributed by atoms with Gasteiger partial charge in [-0.05, 0) is 38.8 Å². The van der Waals surface area contributed by atoms with Gasteiger partial charge in [-0.1, -0.05) is 25.6 Å². The first-order valence-corrected chi connectivity index (χ1v) is 7.14. The van der Waals surface area contributed by atoms with Crippen molar-refractivity contribution in [1.29, 1.82) is 0 Å². The summed E-state index contributed by atoms with van der Waals surface area (Å²) in [5.74, 6) is 1.73. The Morgan fingerprint density at radius 2 is 1.71 bits per heavy atom. The average molecular weight is 253 g/mol. The number of aryl methyl sites for hydroxylation is 2. The molecular formula is C13H23N3S. The third kappa shape index (κ3) is 5.04. The summed E-state index contributed by atoms with van der Waals surface area (Å²) >= 11 is 1.72. The molecule has 0 atom stereocenters. The van der Waals surface area contributed by atoms with Crippen LogP contribution in [-0.4, -0.2) is 28.8 Å². The number of rotatable bonds is 6. The third-order valence-corrected chi connectivity index (χ3v) is 3.52. The van der Waals surface area contributed by atoms with Crippen molar-refractivity contribution in [1.82, 2.24) is 15.3 Å². The Morgan fingerprint density at radius 1 is 1.12 bits per heavy atom. The third-order valence-electron chi connectivity index (χ3n) is 2.67. The predicted molar refractivity (Wildman–Crippen MR) is 74.7 cm³/mol. The molecule has 1 aromatic rings. The molecule has 0 aliphatic carbocycles. The van der Waals surface area contributed by atoms with Crippen LogP contribution in [0.5, 0.6) is 0 Å². The van der Waals surface area contributed by atoms with Crippen molar-refractivity contribution in [3.05, 3.63) is 17.0 Å². The van der Waals surface area contributed by atoms with Crippen molar-refractivity contribution >= 4 is 11.8 Å². The molecule has 96 valence electrons. The minimum atomic E-state index is 0.708. The summed E-state index contributed by atoms with van der Waals surface area (Å²) in [7, 11) is 0. The van der Waals surface area contributed by atoms with Gasteiger partial charge in [-0.15, -0.1) is 0 Å². The first kappa shape index (κ1) is 14.5. The summed E-state index contributed by atoms with van der Waals surface area (Å²) in [4.78, 5) is 8.98. The van der Waals surface area contributed by atoms with E-state index in [0.29, 0.717) is 5.92 Å². The van der Waals surface area contributed by atoms with Gasteiger partial charge in [0, 0.05) is 23.7 Å². The molecule has 0 saturated carbocycles. The van der Waals surface area contributed by atoms with Gasteiger partial charge in [-0.2, -0.15) is 0 Å². The summed E-state index contributed by atoms with van der Waals surface area (Å²) in [6.07, 6.45) is 0. The van der Waals surface area contributed by atoms with E-state index < -0.39 is 0 Å². The molecular weight excluding hydrogens is 230 g/mol. The van der Waals surface area contributed by atoms with E-state index in [0.717, 1.165) is 35.4 Å². The molecule has 0 bridgehead atoms. The molecule has 0 unspecified atom stereocenters. The predicted octanol–water partition coefficient (Wildman–Crippen LogP) is 2.74. The van der Waals surface area contributed by atoms with Crippen LogP contribution in [0.2, 0.25) is 0 Å². The van der Waals surface area contributed by atoms with E-state index in [-0.39, 0.29) is 0 Å². The summed E-state index contributed by atoms with van der Waals surface area (Å²) in [6, 6.07) is 0. The second-order valence-corrected chi connectivity index (χ2v) is 5.81. The summed E-state index contributed by atoms with van der Waals surface area (Å²) in [6.45, 7) is 12.7. The molecule has 0 aromatic carbocycles. The highest BCUT2D eigenvalue weighted by Crippen LogP contribution is 2.16. The lowest BCUT2D eigenvalue weighted by Gasteiger charge is -2.08. The molecule has 1 N–H and O–H groups in total. The first-order valence-electron chi connectivity index (χ1n) is 6.16. The number of nitrogens with one attached hydrogen (secondary N) is 1. The number of hydrogen-bond acceptors (Lipinski definition) is 4. The lowest BCUT2D eigenvalue weighted by atomic mass is 10.2. The number of aromatic nitrogens is 2. The molecule has 1 rings (SSSR count). The van der Waals surface area contributed by atoms with Crippen LogP contribution in [0.1, 0.15) is 30.8 Å². The van der Waals surface area contributed by atoms with Crippen LogP contribution in [0.15, 0.2) is 5.16 Å². The van der Waals surface area contributed by atoms with Gasteiger partial charge in [0.15, 0.2) is 5.16 Å². The van der Waals surface area contributed by atoms with Crippen LogP contribution in [0.4, 0.5) is 0 Å². The summed E-state index contributed by atoms with van der Waals surface area (Å²) in [5.41, 5.74) is 3.39. The van der Waals surface area contributed by atoms with Crippen molar-refractivity contribution in [2.24, 2.45) is 5.92 Å². The largest absolute Gasteiger partial charge is 0.316 e. The fraction of sp³-hybridized carbons (Fsp3) is 0.692. The van der Waals surface area contributed by atoms with E-state index in [9.17, 15) is 0 Å². The van der Waals surface area contributed by atoms with E-state index >= 15 is 0 Å². The van der Waals surface area contributed by atoms with Crippen LogP contribution in [0, 0.1) is 26.7 Å². The molecule has 0 radical (unpaired) electrons. The molecule has 0 spiro atoms. The minimum Gasteiger partial charge on any atom is -0.316 e. The van der Waals surface area contributed by atoms with Gasteiger partial charge in [-0.25, -0.2) is 9.97 Å². The molecule has 0 fully saturated rings. The van der Waals surface area contributed by atoms with Gasteiger partial charge >= 0.3 is 0 Å². The quantitative estimate of drug-likeness (QED) is 0.480. The maximum atomic E-state index is 4.49. The lowest BCUT2D eigenvalue weighted by molar-refractivity contribution is 0.568. The van der Waals surface area contributed by atoms with E-state index in [1.54, 1.807) is 11.8 Å². The molecule has 4 heteroatoms. The highest BCUT2D eigenvalue weighted by Gasteiger charge is 2.04. The second kappa shape index (κ2) is 6.97. The van der Waals surface area contributed by atoms with E-state index in [1.165, 1.54) is 5.56 Å². The molecule has 0 aliphatic rings. The van der Waals surface area contributed by atoms with Crippen LogP contribution >= 0.6 is 11.8 Å². The van der Waals surface area contributed by atoms with Crippen molar-refractivity contribution in [3.8, 4) is 0 Å². The van der Waals surface area contributed by atoms with Gasteiger partial charge in [-0.3, -0.25) is 0 Å². The minimum absolute atomic E-state index is 0.708. The number of hydrogen-bond donors (Lipinski definition) is 1. The fourth-order valence-corrected chi connectivity index (χ4v) is 2.24. The lowest BCUT2D eigenvalue weighted by Crippen LogP contribution is -2.22. The molecule has 0 aliphatic heterocycles. The Hall–Kier alpha value is -0.610. The van der Waals surface area contributed by atoms with E-state index in [1.807, 2.05) is 13.8 Å². The Balaban J connectivity index is 2.37. The first-order chi connectivity index (χ1) is 8.00. The monoisotopic (exact) mass is 253 g/mol. The summed E-state index contributed by atoms with van der Waals surface area (Å²) < 4.78 is 0. The van der Waals surface area contributed by atoms with Crippen molar-refractivity contribution in [2.45, 2.75) is 39.8 Å². The van der Waals surface area contributed by atoms with Gasteiger partial charge in [0.1, 0.15) is 0 Å². The topological polar surface area (TPSA) is 37.8 Å². The standard InChI is InChI=1S/C13H23N3S/c1-9(2)8-14-6-7-17-13-15-11(4)10(3)12(5)16-13/h9,14H,6-8H2,1-5H3. The molecule has 17 heavy (non-hydrogen) atoms. The molecule has 0 amide bonds. The Kier molecular flexibility index (Phi) is 5.92. The zero-order valence-electron chi connectivity index (χ0n) is 11.5.